The monoisotopic (exact) mass is 714 g/mol. The molecule has 6 nitrogen and oxygen atoms in total. The minimum atomic E-state index is -0.417. The van der Waals surface area contributed by atoms with E-state index in [9.17, 15) is 19.2 Å². The van der Waals surface area contributed by atoms with E-state index in [-0.39, 0.29) is 47.3 Å². The van der Waals surface area contributed by atoms with E-state index in [0.717, 1.165) is 55.6 Å². The number of carbonyl (C=O) groups is 4. The molecule has 0 N–H and O–H groups in total. The number of hydrogen-bond acceptors (Lipinski definition) is 4. The van der Waals surface area contributed by atoms with Crippen LogP contribution in [0.2, 0.25) is 0 Å². The van der Waals surface area contributed by atoms with E-state index in [4.69, 9.17) is 0 Å². The number of anilines is 2. The number of nitrogens with zero attached hydrogens (tertiary/aromatic N) is 2. The van der Waals surface area contributed by atoms with Gasteiger partial charge in [-0.15, -0.1) is 0 Å². The van der Waals surface area contributed by atoms with E-state index in [0.29, 0.717) is 17.8 Å². The largest absolute Gasteiger partial charge is 0.274 e. The molecule has 6 aromatic carbocycles. The summed E-state index contributed by atoms with van der Waals surface area (Å²) < 4.78 is 0. The molecule has 0 radical (unpaired) electrons. The van der Waals surface area contributed by atoms with Crippen molar-refractivity contribution in [2.75, 3.05) is 9.80 Å². The number of rotatable bonds is 4. The second-order valence-corrected chi connectivity index (χ2v) is 16.1. The van der Waals surface area contributed by atoms with Crippen LogP contribution in [0, 0.1) is 23.7 Å². The second-order valence-electron chi connectivity index (χ2n) is 16.1. The molecule has 0 spiro atoms. The fraction of sp³-hybridized carbons (Fsp3) is 0.184. The summed E-state index contributed by atoms with van der Waals surface area (Å²) in [5.74, 6) is -2.69. The van der Waals surface area contributed by atoms with Crippen LogP contribution in [0.5, 0.6) is 0 Å². The first-order valence-corrected chi connectivity index (χ1v) is 19.3. The molecule has 4 amide bonds. The molecular weight excluding hydrogens is 681 g/mol. The number of imide groups is 2. The van der Waals surface area contributed by atoms with E-state index in [2.05, 4.69) is 48.5 Å². The Morgan fingerprint density at radius 2 is 0.527 bits per heavy atom. The van der Waals surface area contributed by atoms with Crippen LogP contribution >= 0.6 is 0 Å². The quantitative estimate of drug-likeness (QED) is 0.173. The highest BCUT2D eigenvalue weighted by atomic mass is 16.2. The summed E-state index contributed by atoms with van der Waals surface area (Å²) in [5.41, 5.74) is 12.6. The van der Waals surface area contributed by atoms with Crippen molar-refractivity contribution >= 4 is 35.0 Å². The van der Waals surface area contributed by atoms with Crippen molar-refractivity contribution in [2.45, 2.75) is 30.1 Å². The van der Waals surface area contributed by atoms with Gasteiger partial charge in [-0.3, -0.25) is 19.2 Å². The van der Waals surface area contributed by atoms with Gasteiger partial charge in [0.25, 0.3) is 0 Å². The second kappa shape index (κ2) is 11.1. The molecule has 2 fully saturated rings. The number of carbonyl (C=O) groups excluding carboxylic acids is 4. The Hall–Kier alpha value is -6.40. The average Bonchev–Trinajstić information content (AvgIpc) is 3.66. The lowest BCUT2D eigenvalue weighted by Crippen LogP contribution is -2.41. The Morgan fingerprint density at radius 3 is 0.745 bits per heavy atom. The molecule has 264 valence electrons. The zero-order valence-electron chi connectivity index (χ0n) is 29.7. The molecule has 0 aromatic heterocycles. The summed E-state index contributed by atoms with van der Waals surface area (Å²) in [6.07, 6.45) is 0.615. The fourth-order valence-corrected chi connectivity index (χ4v) is 11.6. The van der Waals surface area contributed by atoms with Gasteiger partial charge in [-0.25, -0.2) is 9.80 Å². The van der Waals surface area contributed by atoms with Crippen LogP contribution in [-0.2, 0) is 25.6 Å². The zero-order chi connectivity index (χ0) is 36.7. The molecule has 4 bridgehead atoms. The first-order chi connectivity index (χ1) is 27.0. The zero-order valence-corrected chi connectivity index (χ0v) is 29.7. The Kier molecular flexibility index (Phi) is 6.24. The third-order valence-corrected chi connectivity index (χ3v) is 13.7. The van der Waals surface area contributed by atoms with Crippen molar-refractivity contribution in [3.05, 3.63) is 201 Å². The Labute approximate surface area is 318 Å². The maximum absolute atomic E-state index is 14.2. The topological polar surface area (TPSA) is 74.8 Å². The van der Waals surface area contributed by atoms with Gasteiger partial charge in [0.2, 0.25) is 23.6 Å². The fourth-order valence-electron chi connectivity index (χ4n) is 11.6. The van der Waals surface area contributed by atoms with Crippen LogP contribution in [-0.4, -0.2) is 23.6 Å². The molecule has 4 atom stereocenters. The van der Waals surface area contributed by atoms with Gasteiger partial charge in [-0.2, -0.15) is 0 Å². The van der Waals surface area contributed by atoms with Crippen LogP contribution in [0.25, 0.3) is 0 Å². The average molecular weight is 715 g/mol. The molecule has 0 saturated carbocycles. The van der Waals surface area contributed by atoms with E-state index >= 15 is 0 Å². The minimum absolute atomic E-state index is 0.121. The molecule has 6 heteroatoms. The maximum Gasteiger partial charge on any atom is 0.238 e. The van der Waals surface area contributed by atoms with Crippen LogP contribution in [0.15, 0.2) is 146 Å². The molecule has 2 saturated heterocycles. The van der Waals surface area contributed by atoms with Crippen LogP contribution in [0.3, 0.4) is 0 Å². The van der Waals surface area contributed by atoms with Gasteiger partial charge in [0.05, 0.1) is 35.0 Å². The smallest absolute Gasteiger partial charge is 0.238 e. The molecule has 2 heterocycles. The standard InChI is InChI=1S/C49H34N2O4/c52-46-42-38-30-9-1-2-10-31(30)39(33-12-4-3-11-32(33)38)43(42)47(53)50(46)28-21-17-26(18-22-28)25-27-19-23-29(24-20-27)51-48(54)44-40-34-13-5-6-14-35(34)41(45(44)49(51)55)37-16-8-7-15-36(37)40/h1-24,38-45H,25H2/t38?,39?,40?,41?,42-,43+,44-,45+. The summed E-state index contributed by atoms with van der Waals surface area (Å²) >= 11 is 0. The van der Waals surface area contributed by atoms with E-state index < -0.39 is 23.7 Å². The highest BCUT2D eigenvalue weighted by Crippen LogP contribution is 2.63. The number of benzene rings is 6. The molecule has 0 unspecified atom stereocenters. The predicted octanol–water partition coefficient (Wildman–Crippen LogP) is 8.07. The summed E-state index contributed by atoms with van der Waals surface area (Å²) in [6.45, 7) is 0. The molecular formula is C49H34N2O4. The van der Waals surface area contributed by atoms with Crippen molar-refractivity contribution in [1.29, 1.82) is 0 Å². The van der Waals surface area contributed by atoms with E-state index in [1.165, 1.54) is 9.80 Å². The lowest BCUT2D eigenvalue weighted by Gasteiger charge is -2.45. The van der Waals surface area contributed by atoms with Crippen molar-refractivity contribution in [3.63, 3.8) is 0 Å². The third kappa shape index (κ3) is 3.98. The predicted molar refractivity (Wildman–Crippen MR) is 208 cm³/mol. The van der Waals surface area contributed by atoms with Crippen molar-refractivity contribution in [2.24, 2.45) is 23.7 Å². The highest BCUT2D eigenvalue weighted by Gasteiger charge is 2.63. The van der Waals surface area contributed by atoms with Gasteiger partial charge in [0.15, 0.2) is 0 Å². The summed E-state index contributed by atoms with van der Waals surface area (Å²) in [4.78, 5) is 59.7. The van der Waals surface area contributed by atoms with Gasteiger partial charge in [-0.05, 0) is 86.3 Å². The van der Waals surface area contributed by atoms with Gasteiger partial charge in [-0.1, -0.05) is 121 Å². The van der Waals surface area contributed by atoms with Gasteiger partial charge < -0.3 is 0 Å². The highest BCUT2D eigenvalue weighted by molar-refractivity contribution is 6.24. The summed E-state index contributed by atoms with van der Waals surface area (Å²) in [7, 11) is 0. The van der Waals surface area contributed by atoms with E-state index in [1.54, 1.807) is 0 Å². The Morgan fingerprint density at radius 1 is 0.309 bits per heavy atom. The van der Waals surface area contributed by atoms with Crippen molar-refractivity contribution < 1.29 is 19.2 Å². The first-order valence-electron chi connectivity index (χ1n) is 19.3. The Balaban J connectivity index is 0.795. The Bertz CT molecular complexity index is 2270. The molecule has 6 aliphatic carbocycles. The van der Waals surface area contributed by atoms with Crippen LogP contribution < -0.4 is 9.80 Å². The number of hydrogen-bond donors (Lipinski definition) is 0. The van der Waals surface area contributed by atoms with Crippen molar-refractivity contribution in [3.8, 4) is 0 Å². The molecule has 55 heavy (non-hydrogen) atoms. The summed E-state index contributed by atoms with van der Waals surface area (Å²) in [5, 5.41) is 0. The van der Waals surface area contributed by atoms with E-state index in [1.807, 2.05) is 97.1 Å². The lowest BCUT2D eigenvalue weighted by atomic mass is 9.55. The third-order valence-electron chi connectivity index (χ3n) is 13.7. The van der Waals surface area contributed by atoms with Crippen molar-refractivity contribution in [1.82, 2.24) is 0 Å². The van der Waals surface area contributed by atoms with Gasteiger partial charge in [0, 0.05) is 23.7 Å². The maximum atomic E-state index is 14.2. The normalized spacial score (nSPS) is 27.4. The first kappa shape index (κ1) is 31.0. The molecule has 2 aliphatic heterocycles. The number of amides is 4. The van der Waals surface area contributed by atoms with Gasteiger partial charge >= 0.3 is 0 Å². The summed E-state index contributed by atoms with van der Waals surface area (Å²) in [6, 6.07) is 48.6. The molecule has 14 rings (SSSR count). The molecule has 6 aromatic rings. The molecule has 8 aliphatic rings. The van der Waals surface area contributed by atoms with Crippen LogP contribution in [0.1, 0.15) is 79.3 Å². The SMILES string of the molecule is O=C1[C@@H]2C3c4ccccc4C(c4ccccc43)[C@@H]2C(=O)N1c1ccc(Cc2ccc(N3C(=O)[C@@H]4C5c6ccccc6C(c6ccccc65)[C@@H]4C3=O)cc2)cc1. The minimum Gasteiger partial charge on any atom is -0.274 e. The van der Waals surface area contributed by atoms with Crippen LogP contribution in [0.4, 0.5) is 11.4 Å². The van der Waals surface area contributed by atoms with Gasteiger partial charge in [0.1, 0.15) is 0 Å². The lowest BCUT2D eigenvalue weighted by molar-refractivity contribution is -0.124.